The topological polar surface area (TPSA) is 54.6 Å². The molecule has 0 unspecified atom stereocenters. The maximum atomic E-state index is 12.5. The van der Waals surface area contributed by atoms with Gasteiger partial charge in [-0.15, -0.1) is 11.3 Å². The Balaban J connectivity index is 0.00000136. The number of aromatic nitrogens is 1. The van der Waals surface area contributed by atoms with Crippen molar-refractivity contribution in [2.45, 2.75) is 34.6 Å². The Kier molecular flexibility index (Phi) is 9.29. The van der Waals surface area contributed by atoms with Gasteiger partial charge in [-0.1, -0.05) is 58.2 Å². The van der Waals surface area contributed by atoms with Gasteiger partial charge >= 0.3 is 0 Å². The number of hydrogen-bond donors (Lipinski definition) is 1. The van der Waals surface area contributed by atoms with E-state index < -0.39 is 0 Å². The predicted octanol–water partition coefficient (Wildman–Crippen LogP) is 6.12. The minimum Gasteiger partial charge on any atom is -0.504 e. The Hall–Kier alpha value is -2.92. The van der Waals surface area contributed by atoms with Gasteiger partial charge in [0, 0.05) is 18.3 Å². The molecule has 0 spiro atoms. The van der Waals surface area contributed by atoms with E-state index in [0.717, 1.165) is 16.1 Å². The molecule has 0 aliphatic carbocycles. The van der Waals surface area contributed by atoms with Crippen LogP contribution in [-0.4, -0.2) is 15.5 Å². The third-order valence-electron chi connectivity index (χ3n) is 4.15. The molecule has 5 heteroatoms. The Bertz CT molecular complexity index is 1030. The Morgan fingerprint density at radius 3 is 2.45 bits per heavy atom. The molecule has 0 atom stereocenters. The molecule has 0 saturated heterocycles. The van der Waals surface area contributed by atoms with Gasteiger partial charge < -0.3 is 9.67 Å². The standard InChI is InChI=1S/C21H20N2O2S.C2H6.CH4/c1-14-7-4-5-8-16(14)19(25)13-15(2)22-21-18(24)11-10-17(23(21)3)20-9-6-12-26-20;1-2;/h4-12,24H,2,13H2,1,3H3;1-2H3;1H4. The van der Waals surface area contributed by atoms with Crippen LogP contribution in [0.15, 0.2) is 71.2 Å². The smallest absolute Gasteiger partial charge is 0.175 e. The van der Waals surface area contributed by atoms with E-state index in [1.807, 2.05) is 74.2 Å². The maximum absolute atomic E-state index is 12.5. The average molecular weight is 411 g/mol. The summed E-state index contributed by atoms with van der Waals surface area (Å²) in [5, 5.41) is 12.2. The molecule has 2 aromatic heterocycles. The second-order valence-corrected chi connectivity index (χ2v) is 7.00. The Labute approximate surface area is 177 Å². The molecule has 29 heavy (non-hydrogen) atoms. The summed E-state index contributed by atoms with van der Waals surface area (Å²) in [5.41, 5.74) is 3.34. The van der Waals surface area contributed by atoms with Crippen molar-refractivity contribution in [2.75, 3.05) is 0 Å². The first-order chi connectivity index (χ1) is 13.5. The molecular formula is C24H30N2O2S. The van der Waals surface area contributed by atoms with Crippen LogP contribution in [0.4, 0.5) is 0 Å². The van der Waals surface area contributed by atoms with Gasteiger partial charge in [0.15, 0.2) is 17.0 Å². The molecule has 0 amide bonds. The SMILES string of the molecule is C.C=C(CC(=O)c1ccccc1C)N=c1c(O)ccc(-c2cccs2)n1C.CC. The zero-order chi connectivity index (χ0) is 20.7. The van der Waals surface area contributed by atoms with Gasteiger partial charge in [-0.05, 0) is 36.1 Å². The number of carbonyl (C=O) groups is 1. The van der Waals surface area contributed by atoms with Gasteiger partial charge in [0.25, 0.3) is 0 Å². The second-order valence-electron chi connectivity index (χ2n) is 6.06. The number of carbonyl (C=O) groups excluding carboxylic acids is 1. The van der Waals surface area contributed by atoms with Gasteiger partial charge in [0.2, 0.25) is 0 Å². The van der Waals surface area contributed by atoms with Crippen LogP contribution in [0.2, 0.25) is 0 Å². The minimum absolute atomic E-state index is 0. The summed E-state index contributed by atoms with van der Waals surface area (Å²) in [6, 6.07) is 14.9. The number of benzene rings is 1. The van der Waals surface area contributed by atoms with Crippen molar-refractivity contribution < 1.29 is 9.90 Å². The highest BCUT2D eigenvalue weighted by Crippen LogP contribution is 2.24. The summed E-state index contributed by atoms with van der Waals surface area (Å²) in [6.07, 6.45) is 0.105. The monoisotopic (exact) mass is 410 g/mol. The Morgan fingerprint density at radius 2 is 1.83 bits per heavy atom. The fraction of sp³-hybridized carbons (Fsp3) is 0.250. The Morgan fingerprint density at radius 1 is 1.14 bits per heavy atom. The van der Waals surface area contributed by atoms with Crippen LogP contribution in [0.5, 0.6) is 5.75 Å². The van der Waals surface area contributed by atoms with Crippen molar-refractivity contribution in [3.63, 3.8) is 0 Å². The van der Waals surface area contributed by atoms with Gasteiger partial charge in [0.05, 0.1) is 17.0 Å². The molecule has 1 N–H and O–H groups in total. The maximum Gasteiger partial charge on any atom is 0.175 e. The van der Waals surface area contributed by atoms with E-state index in [-0.39, 0.29) is 25.4 Å². The number of rotatable bonds is 5. The number of thiophene rings is 1. The molecule has 0 bridgehead atoms. The molecule has 3 rings (SSSR count). The van der Waals surface area contributed by atoms with Crippen molar-refractivity contribution in [1.29, 1.82) is 0 Å². The summed E-state index contributed by atoms with van der Waals surface area (Å²) >= 11 is 1.61. The lowest BCUT2D eigenvalue weighted by Crippen LogP contribution is -2.20. The molecule has 154 valence electrons. The molecule has 4 nitrogen and oxygen atoms in total. The largest absolute Gasteiger partial charge is 0.504 e. The normalized spacial score (nSPS) is 10.6. The fourth-order valence-electron chi connectivity index (χ4n) is 2.79. The van der Waals surface area contributed by atoms with Crippen molar-refractivity contribution in [3.05, 3.63) is 82.8 Å². The van der Waals surface area contributed by atoms with Crippen LogP contribution in [0.25, 0.3) is 10.6 Å². The van der Waals surface area contributed by atoms with Crippen molar-refractivity contribution >= 4 is 17.1 Å². The van der Waals surface area contributed by atoms with Gasteiger partial charge in [0.1, 0.15) is 0 Å². The summed E-state index contributed by atoms with van der Waals surface area (Å²) in [4.78, 5) is 18.0. The number of aryl methyl sites for hydroxylation is 1. The number of hydrogen-bond acceptors (Lipinski definition) is 4. The van der Waals surface area contributed by atoms with E-state index in [1.165, 1.54) is 0 Å². The van der Waals surface area contributed by atoms with E-state index in [1.54, 1.807) is 23.5 Å². The number of allylic oxidation sites excluding steroid dienone is 1. The molecular weight excluding hydrogens is 380 g/mol. The van der Waals surface area contributed by atoms with E-state index in [9.17, 15) is 9.90 Å². The lowest BCUT2D eigenvalue weighted by molar-refractivity contribution is 0.0992. The fourth-order valence-corrected chi connectivity index (χ4v) is 3.58. The van der Waals surface area contributed by atoms with Crippen LogP contribution >= 0.6 is 11.3 Å². The van der Waals surface area contributed by atoms with Crippen molar-refractivity contribution in [1.82, 2.24) is 4.57 Å². The van der Waals surface area contributed by atoms with Crippen molar-refractivity contribution in [2.24, 2.45) is 12.0 Å². The molecule has 1 aromatic carbocycles. The second kappa shape index (κ2) is 11.2. The lowest BCUT2D eigenvalue weighted by Gasteiger charge is -2.10. The first kappa shape index (κ1) is 24.1. The first-order valence-electron chi connectivity index (χ1n) is 9.21. The van der Waals surface area contributed by atoms with Crippen LogP contribution in [0.3, 0.4) is 0 Å². The third kappa shape index (κ3) is 5.78. The molecule has 0 saturated carbocycles. The highest BCUT2D eigenvalue weighted by Gasteiger charge is 2.11. The van der Waals surface area contributed by atoms with Gasteiger partial charge in [-0.3, -0.25) is 4.79 Å². The zero-order valence-corrected chi connectivity index (χ0v) is 17.6. The molecule has 3 aromatic rings. The van der Waals surface area contributed by atoms with Crippen LogP contribution in [0, 0.1) is 6.92 Å². The third-order valence-corrected chi connectivity index (χ3v) is 5.05. The van der Waals surface area contributed by atoms with Crippen LogP contribution in [-0.2, 0) is 7.05 Å². The predicted molar refractivity (Wildman–Crippen MR) is 123 cm³/mol. The molecule has 0 radical (unpaired) electrons. The average Bonchev–Trinajstić information content (AvgIpc) is 3.21. The summed E-state index contributed by atoms with van der Waals surface area (Å²) < 4.78 is 1.81. The highest BCUT2D eigenvalue weighted by molar-refractivity contribution is 7.13. The van der Waals surface area contributed by atoms with E-state index >= 15 is 0 Å². The zero-order valence-electron chi connectivity index (χ0n) is 16.8. The number of pyridine rings is 1. The van der Waals surface area contributed by atoms with Gasteiger partial charge in [-0.2, -0.15) is 0 Å². The summed E-state index contributed by atoms with van der Waals surface area (Å²) in [7, 11) is 1.84. The summed E-state index contributed by atoms with van der Waals surface area (Å²) in [6.45, 7) is 9.82. The minimum atomic E-state index is -0.0339. The van der Waals surface area contributed by atoms with Crippen molar-refractivity contribution in [3.8, 4) is 16.3 Å². The van der Waals surface area contributed by atoms with Crippen LogP contribution in [0.1, 0.15) is 43.6 Å². The number of Topliss-reactive ketones (excluding diaryl/α,β-unsaturated/α-hetero) is 1. The number of aromatic hydroxyl groups is 1. The first-order valence-corrected chi connectivity index (χ1v) is 10.1. The van der Waals surface area contributed by atoms with E-state index in [4.69, 9.17) is 0 Å². The van der Waals surface area contributed by atoms with E-state index in [0.29, 0.717) is 16.7 Å². The highest BCUT2D eigenvalue weighted by atomic mass is 32.1. The quantitative estimate of drug-likeness (QED) is 0.515. The molecule has 2 heterocycles. The molecule has 0 aliphatic rings. The van der Waals surface area contributed by atoms with Crippen LogP contribution < -0.4 is 5.49 Å². The summed E-state index contributed by atoms with van der Waals surface area (Å²) in [5.74, 6) is 0.0192. The lowest BCUT2D eigenvalue weighted by atomic mass is 10.0. The molecule has 0 fully saturated rings. The molecule has 0 aliphatic heterocycles. The van der Waals surface area contributed by atoms with Gasteiger partial charge in [-0.25, -0.2) is 4.99 Å². The van der Waals surface area contributed by atoms with E-state index in [2.05, 4.69) is 11.6 Å². The number of nitrogens with zero attached hydrogens (tertiary/aromatic N) is 2. The number of ketones is 1.